The molecule has 1 aliphatic rings. The van der Waals surface area contributed by atoms with Crippen LogP contribution in [0.25, 0.3) is 0 Å². The lowest BCUT2D eigenvalue weighted by molar-refractivity contribution is 0.233. The van der Waals surface area contributed by atoms with Crippen LogP contribution in [-0.2, 0) is 0 Å². The van der Waals surface area contributed by atoms with Crippen LogP contribution in [0.2, 0.25) is 0 Å². The summed E-state index contributed by atoms with van der Waals surface area (Å²) in [4.78, 5) is 0. The molecule has 1 fully saturated rings. The molecule has 17 heavy (non-hydrogen) atoms. The molecule has 0 aromatic heterocycles. The number of hydrogen-bond acceptors (Lipinski definition) is 2. The molecule has 0 aromatic carbocycles. The molecule has 102 valence electrons. The van der Waals surface area contributed by atoms with E-state index >= 15 is 0 Å². The number of nitrogens with zero attached hydrogens (tertiary/aromatic N) is 2. The van der Waals surface area contributed by atoms with Crippen LogP contribution in [0.4, 0.5) is 0 Å². The molecular weight excluding hydrogens is 227 g/mol. The average Bonchev–Trinajstić information content (AvgIpc) is 2.15. The van der Waals surface area contributed by atoms with Gasteiger partial charge >= 0.3 is 0 Å². The van der Waals surface area contributed by atoms with Crippen LogP contribution < -0.4 is 0 Å². The molecule has 1 rings (SSSR count). The first-order chi connectivity index (χ1) is 7.84. The Labute approximate surface area is 110 Å². The molecule has 0 bridgehead atoms. The molecule has 3 heteroatoms. The summed E-state index contributed by atoms with van der Waals surface area (Å²) in [6.45, 7) is 7.25. The Morgan fingerprint density at radius 2 is 1.53 bits per heavy atom. The quantitative estimate of drug-likeness (QED) is 0.706. The van der Waals surface area contributed by atoms with Crippen molar-refractivity contribution in [3.05, 3.63) is 0 Å². The second-order valence-corrected chi connectivity index (χ2v) is 9.31. The maximum Gasteiger partial charge on any atom is 0.0419 e. The zero-order valence-electron chi connectivity index (χ0n) is 12.8. The van der Waals surface area contributed by atoms with Gasteiger partial charge < -0.3 is 0 Å². The van der Waals surface area contributed by atoms with Crippen molar-refractivity contribution in [3.63, 3.8) is 0 Å². The molecule has 3 unspecified atom stereocenters. The average molecular weight is 258 g/mol. The van der Waals surface area contributed by atoms with Gasteiger partial charge in [-0.15, -0.1) is 0 Å². The van der Waals surface area contributed by atoms with Crippen molar-refractivity contribution in [2.24, 2.45) is 17.8 Å². The maximum absolute atomic E-state index is 2.47. The van der Waals surface area contributed by atoms with E-state index in [-0.39, 0.29) is 8.22 Å². The van der Waals surface area contributed by atoms with E-state index in [2.05, 4.69) is 58.3 Å². The lowest BCUT2D eigenvalue weighted by Gasteiger charge is -2.46. The Morgan fingerprint density at radius 3 is 1.94 bits per heavy atom. The van der Waals surface area contributed by atoms with Crippen LogP contribution in [-0.4, -0.2) is 43.2 Å². The number of hydrogen-bond donors (Lipinski definition) is 0. The monoisotopic (exact) mass is 258 g/mol. The molecule has 2 nitrogen and oxygen atoms in total. The zero-order valence-corrected chi connectivity index (χ0v) is 13.7. The Kier molecular flexibility index (Phi) is 5.89. The van der Waals surface area contributed by atoms with Crippen molar-refractivity contribution in [2.45, 2.75) is 45.7 Å². The fourth-order valence-corrected chi connectivity index (χ4v) is 6.65. The van der Waals surface area contributed by atoms with Crippen LogP contribution in [0.3, 0.4) is 0 Å². The summed E-state index contributed by atoms with van der Waals surface area (Å²) in [6, 6.07) is 0. The van der Waals surface area contributed by atoms with Gasteiger partial charge in [-0.05, 0) is 58.8 Å². The van der Waals surface area contributed by atoms with Crippen LogP contribution in [0.1, 0.15) is 40.0 Å². The molecule has 1 saturated carbocycles. The van der Waals surface area contributed by atoms with Crippen molar-refractivity contribution < 1.29 is 0 Å². The van der Waals surface area contributed by atoms with E-state index < -0.39 is 0 Å². The normalized spacial score (nSPS) is 30.9. The predicted octanol–water partition coefficient (Wildman–Crippen LogP) is 3.88. The standard InChI is InChI=1S/C14H31N2P/c1-11(2)13-9-8-12(3)10-14(13)17(15(4)5)16(6)7/h11-14H,8-10H2,1-7H3. The molecule has 0 saturated heterocycles. The van der Waals surface area contributed by atoms with Gasteiger partial charge in [0.05, 0.1) is 0 Å². The minimum absolute atomic E-state index is 0.129. The second-order valence-electron chi connectivity index (χ2n) is 6.41. The molecule has 0 spiro atoms. The SMILES string of the molecule is CC1CCC(C(C)C)C(P(N(C)C)N(C)C)C1. The highest BCUT2D eigenvalue weighted by molar-refractivity contribution is 7.53. The summed E-state index contributed by atoms with van der Waals surface area (Å²) in [6.07, 6.45) is 4.29. The second kappa shape index (κ2) is 6.50. The summed E-state index contributed by atoms with van der Waals surface area (Å²) in [7, 11) is 8.88. The van der Waals surface area contributed by atoms with E-state index in [0.29, 0.717) is 0 Å². The van der Waals surface area contributed by atoms with Crippen LogP contribution in [0.15, 0.2) is 0 Å². The Bertz CT molecular complexity index is 220. The molecule has 1 aliphatic carbocycles. The van der Waals surface area contributed by atoms with Crippen molar-refractivity contribution in [1.29, 1.82) is 0 Å². The predicted molar refractivity (Wildman–Crippen MR) is 79.4 cm³/mol. The molecule has 0 amide bonds. The lowest BCUT2D eigenvalue weighted by Crippen LogP contribution is -2.37. The van der Waals surface area contributed by atoms with Crippen molar-refractivity contribution >= 4 is 8.22 Å². The highest BCUT2D eigenvalue weighted by Crippen LogP contribution is 2.55. The molecule has 0 aromatic rings. The van der Waals surface area contributed by atoms with Gasteiger partial charge in [-0.3, -0.25) is 9.34 Å². The van der Waals surface area contributed by atoms with Crippen molar-refractivity contribution in [3.8, 4) is 0 Å². The summed E-state index contributed by atoms with van der Waals surface area (Å²) in [5, 5.41) is 0. The molecule has 0 radical (unpaired) electrons. The van der Waals surface area contributed by atoms with E-state index in [0.717, 1.165) is 23.4 Å². The van der Waals surface area contributed by atoms with E-state index in [4.69, 9.17) is 0 Å². The van der Waals surface area contributed by atoms with E-state index in [9.17, 15) is 0 Å². The first-order valence-corrected chi connectivity index (χ1v) is 8.30. The molecular formula is C14H31N2P. The fraction of sp³-hybridized carbons (Fsp3) is 1.00. The third-order valence-corrected chi connectivity index (χ3v) is 6.93. The molecule has 3 atom stereocenters. The van der Waals surface area contributed by atoms with Gasteiger partial charge in [0.25, 0.3) is 0 Å². The summed E-state index contributed by atoms with van der Waals surface area (Å²) < 4.78 is 4.93. The highest BCUT2D eigenvalue weighted by Gasteiger charge is 2.37. The summed E-state index contributed by atoms with van der Waals surface area (Å²) in [5.74, 6) is 2.67. The van der Waals surface area contributed by atoms with Crippen LogP contribution in [0, 0.1) is 17.8 Å². The Morgan fingerprint density at radius 1 is 1.00 bits per heavy atom. The van der Waals surface area contributed by atoms with Crippen molar-refractivity contribution in [2.75, 3.05) is 28.2 Å². The van der Waals surface area contributed by atoms with Gasteiger partial charge in [0.2, 0.25) is 0 Å². The number of rotatable bonds is 4. The Balaban J connectivity index is 2.86. The third-order valence-electron chi connectivity index (χ3n) is 4.10. The van der Waals surface area contributed by atoms with Crippen molar-refractivity contribution in [1.82, 2.24) is 9.34 Å². The summed E-state index contributed by atoms with van der Waals surface area (Å²) in [5.41, 5.74) is 0.888. The van der Waals surface area contributed by atoms with E-state index in [1.165, 1.54) is 19.3 Å². The zero-order chi connectivity index (χ0) is 13.2. The van der Waals surface area contributed by atoms with E-state index in [1.54, 1.807) is 0 Å². The van der Waals surface area contributed by atoms with Gasteiger partial charge in [-0.25, -0.2) is 0 Å². The van der Waals surface area contributed by atoms with Crippen LogP contribution >= 0.6 is 8.22 Å². The van der Waals surface area contributed by atoms with Gasteiger partial charge in [0.15, 0.2) is 0 Å². The minimum atomic E-state index is -0.129. The molecule has 0 heterocycles. The molecule has 0 N–H and O–H groups in total. The van der Waals surface area contributed by atoms with Gasteiger partial charge in [-0.1, -0.05) is 27.2 Å². The smallest absolute Gasteiger partial charge is 0.0419 e. The van der Waals surface area contributed by atoms with Gasteiger partial charge in [-0.2, -0.15) is 0 Å². The fourth-order valence-electron chi connectivity index (χ4n) is 3.37. The van der Waals surface area contributed by atoms with Gasteiger partial charge in [0.1, 0.15) is 0 Å². The lowest BCUT2D eigenvalue weighted by atomic mass is 9.77. The molecule has 0 aliphatic heterocycles. The first-order valence-electron chi connectivity index (χ1n) is 6.98. The topological polar surface area (TPSA) is 6.48 Å². The summed E-state index contributed by atoms with van der Waals surface area (Å²) >= 11 is 0. The minimum Gasteiger partial charge on any atom is -0.276 e. The third kappa shape index (κ3) is 3.91. The Hall–Kier alpha value is 0.350. The van der Waals surface area contributed by atoms with Crippen LogP contribution in [0.5, 0.6) is 0 Å². The first kappa shape index (κ1) is 15.4. The largest absolute Gasteiger partial charge is 0.276 e. The van der Waals surface area contributed by atoms with Gasteiger partial charge in [0, 0.05) is 13.9 Å². The maximum atomic E-state index is 2.47. The highest BCUT2D eigenvalue weighted by atomic mass is 31.1. The van der Waals surface area contributed by atoms with E-state index in [1.807, 2.05) is 0 Å².